The van der Waals surface area contributed by atoms with Crippen molar-refractivity contribution in [2.45, 2.75) is 98.0 Å². The van der Waals surface area contributed by atoms with Crippen molar-refractivity contribution in [2.75, 3.05) is 0 Å². The average Bonchev–Trinajstić information content (AvgIpc) is 2.45. The molecule has 0 rings (SSSR count). The minimum atomic E-state index is -3.58. The molecule has 182 valence electrons. The van der Waals surface area contributed by atoms with Crippen LogP contribution in [0, 0.1) is 0 Å². The molecular formula is C19H43NO7Si4. The lowest BCUT2D eigenvalue weighted by atomic mass is 10.3. The smallest absolute Gasteiger partial charge is 0.465 e. The summed E-state index contributed by atoms with van der Waals surface area (Å²) in [5.41, 5.74) is -0.521. The lowest BCUT2D eigenvalue weighted by Crippen LogP contribution is -2.72. The van der Waals surface area contributed by atoms with Crippen LogP contribution in [0.15, 0.2) is 12.2 Å². The maximum absolute atomic E-state index is 12.4. The maximum atomic E-state index is 12.4. The first kappa shape index (κ1) is 30.2. The van der Waals surface area contributed by atoms with E-state index in [1.807, 2.05) is 65.8 Å². The van der Waals surface area contributed by atoms with E-state index in [4.69, 9.17) is 17.1 Å². The molecule has 8 nitrogen and oxygen atoms in total. The minimum Gasteiger partial charge on any atom is -0.465 e. The fourth-order valence-corrected chi connectivity index (χ4v) is 17.7. The topological polar surface area (TPSA) is 94.5 Å². The fourth-order valence-electron chi connectivity index (χ4n) is 3.02. The van der Waals surface area contributed by atoms with E-state index in [-0.39, 0.29) is 5.57 Å². The molecule has 0 aromatic carbocycles. The highest BCUT2D eigenvalue weighted by atomic mass is 28.5. The number of ether oxygens (including phenoxy) is 1. The van der Waals surface area contributed by atoms with Crippen molar-refractivity contribution in [3.63, 3.8) is 0 Å². The van der Waals surface area contributed by atoms with E-state index in [0.717, 1.165) is 4.90 Å². The van der Waals surface area contributed by atoms with Gasteiger partial charge in [-0.3, -0.25) is 4.90 Å². The zero-order valence-corrected chi connectivity index (χ0v) is 25.4. The van der Waals surface area contributed by atoms with E-state index >= 15 is 0 Å². The Morgan fingerprint density at radius 1 is 0.903 bits per heavy atom. The highest BCUT2D eigenvalue weighted by molar-refractivity contribution is 6.90. The molecule has 12 heteroatoms. The Kier molecular flexibility index (Phi) is 10.6. The Hall–Kier alpha value is -0.772. The number of esters is 1. The Morgan fingerprint density at radius 3 is 1.48 bits per heavy atom. The minimum absolute atomic E-state index is 0.198. The summed E-state index contributed by atoms with van der Waals surface area (Å²) < 4.78 is 25.5. The average molecular weight is 510 g/mol. The molecule has 0 bridgehead atoms. The Morgan fingerprint density at radius 2 is 1.26 bits per heavy atom. The predicted molar refractivity (Wildman–Crippen MR) is 133 cm³/mol. The summed E-state index contributed by atoms with van der Waals surface area (Å²) in [5, 5.41) is 10.2. The SMILES string of the molecule is C=C(C)C(=O)OC(C)N(C(=O)O)C(CC)[Si](O[Si](C)(C)C)(O[Si](C)(C)C)O[Si](C)(C)C. The maximum Gasteiger partial charge on any atom is 0.493 e. The van der Waals surface area contributed by atoms with Crippen molar-refractivity contribution in [3.05, 3.63) is 12.2 Å². The second-order valence-corrected chi connectivity index (χ2v) is 27.6. The van der Waals surface area contributed by atoms with Crippen LogP contribution < -0.4 is 0 Å². The van der Waals surface area contributed by atoms with Crippen LogP contribution >= 0.6 is 0 Å². The lowest BCUT2D eigenvalue weighted by Gasteiger charge is -2.49. The number of carboxylic acid groups (broad SMARTS) is 1. The number of rotatable bonds is 12. The highest BCUT2D eigenvalue weighted by Gasteiger charge is 2.59. The largest absolute Gasteiger partial charge is 0.493 e. The quantitative estimate of drug-likeness (QED) is 0.166. The van der Waals surface area contributed by atoms with Gasteiger partial charge in [0.25, 0.3) is 0 Å². The molecule has 2 atom stereocenters. The van der Waals surface area contributed by atoms with E-state index in [9.17, 15) is 14.7 Å². The first-order valence-corrected chi connectivity index (χ1v) is 22.6. The zero-order chi connectivity index (χ0) is 25.0. The van der Waals surface area contributed by atoms with Gasteiger partial charge < -0.3 is 22.2 Å². The van der Waals surface area contributed by atoms with Gasteiger partial charge in [-0.15, -0.1) is 0 Å². The molecule has 0 saturated heterocycles. The van der Waals surface area contributed by atoms with Crippen LogP contribution in [-0.4, -0.2) is 67.7 Å². The number of carbonyl (C=O) groups is 2. The normalized spacial score (nSPS) is 15.2. The molecule has 0 fully saturated rings. The molecule has 0 aromatic heterocycles. The number of amides is 1. The van der Waals surface area contributed by atoms with Gasteiger partial charge in [-0.25, -0.2) is 9.59 Å². The van der Waals surface area contributed by atoms with Gasteiger partial charge in [0.15, 0.2) is 31.2 Å². The molecule has 1 N–H and O–H groups in total. The van der Waals surface area contributed by atoms with E-state index in [1.165, 1.54) is 13.8 Å². The van der Waals surface area contributed by atoms with E-state index in [2.05, 4.69) is 6.58 Å². The third-order valence-electron chi connectivity index (χ3n) is 3.71. The first-order chi connectivity index (χ1) is 13.6. The summed E-state index contributed by atoms with van der Waals surface area (Å²) >= 11 is 0. The summed E-state index contributed by atoms with van der Waals surface area (Å²) in [6.45, 7) is 26.9. The van der Waals surface area contributed by atoms with Crippen LogP contribution in [0.4, 0.5) is 4.79 Å². The monoisotopic (exact) mass is 509 g/mol. The van der Waals surface area contributed by atoms with Gasteiger partial charge in [-0.1, -0.05) is 13.5 Å². The predicted octanol–water partition coefficient (Wildman–Crippen LogP) is 5.24. The second kappa shape index (κ2) is 10.9. The molecular weight excluding hydrogens is 467 g/mol. The summed E-state index contributed by atoms with van der Waals surface area (Å²) in [6.07, 6.45) is -1.88. The summed E-state index contributed by atoms with van der Waals surface area (Å²) in [4.78, 5) is 25.7. The molecule has 0 aliphatic rings. The second-order valence-electron chi connectivity index (χ2n) is 10.6. The highest BCUT2D eigenvalue weighted by Crippen LogP contribution is 2.33. The molecule has 0 heterocycles. The van der Waals surface area contributed by atoms with Crippen molar-refractivity contribution in [1.82, 2.24) is 4.90 Å². The van der Waals surface area contributed by atoms with Crippen molar-refractivity contribution < 1.29 is 31.8 Å². The van der Waals surface area contributed by atoms with Crippen LogP contribution in [0.2, 0.25) is 58.9 Å². The molecule has 1 amide bonds. The van der Waals surface area contributed by atoms with Crippen LogP contribution in [0.5, 0.6) is 0 Å². The van der Waals surface area contributed by atoms with Crippen LogP contribution in [0.25, 0.3) is 0 Å². The molecule has 0 saturated carbocycles. The van der Waals surface area contributed by atoms with Crippen LogP contribution in [0.1, 0.15) is 27.2 Å². The molecule has 2 unspecified atom stereocenters. The number of hydrogen-bond acceptors (Lipinski definition) is 6. The molecule has 0 radical (unpaired) electrons. The Labute approximate surface area is 192 Å². The molecule has 0 aliphatic heterocycles. The van der Waals surface area contributed by atoms with Crippen LogP contribution in [-0.2, 0) is 21.9 Å². The van der Waals surface area contributed by atoms with Crippen molar-refractivity contribution >= 4 is 45.8 Å². The van der Waals surface area contributed by atoms with Gasteiger partial charge in [-0.05, 0) is 79.2 Å². The third kappa shape index (κ3) is 10.6. The molecule has 0 aromatic rings. The standard InChI is InChI=1S/C19H43NO7Si4/c1-14-17(20(19(22)23)16(4)24-18(21)15(2)3)31(25-28(5,6)7,26-29(8,9)10)27-30(11,12)13/h16-17H,2,14H2,1,3-13H3,(H,22,23). The fraction of sp³-hybridized carbons (Fsp3) is 0.789. The van der Waals surface area contributed by atoms with Gasteiger partial charge in [0.05, 0.1) is 0 Å². The van der Waals surface area contributed by atoms with Gasteiger partial charge >= 0.3 is 20.9 Å². The van der Waals surface area contributed by atoms with Crippen molar-refractivity contribution in [2.24, 2.45) is 0 Å². The number of hydrogen-bond donors (Lipinski definition) is 1. The number of carbonyl (C=O) groups excluding carboxylic acids is 1. The summed E-state index contributed by atoms with van der Waals surface area (Å²) in [5.74, 6) is -0.649. The Bertz CT molecular complexity index is 612. The summed E-state index contributed by atoms with van der Waals surface area (Å²) in [7, 11) is -10.2. The Balaban J connectivity index is 6.72. The van der Waals surface area contributed by atoms with E-state index < -0.39 is 57.7 Å². The zero-order valence-electron chi connectivity index (χ0n) is 21.4. The van der Waals surface area contributed by atoms with E-state index in [1.54, 1.807) is 0 Å². The molecule has 31 heavy (non-hydrogen) atoms. The summed E-state index contributed by atoms with van der Waals surface area (Å²) in [6, 6.07) is 0. The first-order valence-electron chi connectivity index (χ1n) is 10.6. The lowest BCUT2D eigenvalue weighted by molar-refractivity contribution is -0.152. The van der Waals surface area contributed by atoms with Gasteiger partial charge in [0, 0.05) is 5.57 Å². The van der Waals surface area contributed by atoms with E-state index in [0.29, 0.717) is 6.42 Å². The van der Waals surface area contributed by atoms with Gasteiger partial charge in [0.2, 0.25) is 0 Å². The molecule has 0 aliphatic carbocycles. The van der Waals surface area contributed by atoms with Crippen molar-refractivity contribution in [3.8, 4) is 0 Å². The van der Waals surface area contributed by atoms with Gasteiger partial charge in [-0.2, -0.15) is 0 Å². The third-order valence-corrected chi connectivity index (χ3v) is 16.0. The molecule has 0 spiro atoms. The van der Waals surface area contributed by atoms with Crippen LogP contribution in [0.3, 0.4) is 0 Å². The van der Waals surface area contributed by atoms with Gasteiger partial charge in [0.1, 0.15) is 5.67 Å². The number of nitrogens with zero attached hydrogens (tertiary/aromatic N) is 1. The van der Waals surface area contributed by atoms with Crippen molar-refractivity contribution in [1.29, 1.82) is 0 Å².